The van der Waals surface area contributed by atoms with Crippen LogP contribution in [-0.4, -0.2) is 46.1 Å². The standard InChI is InChI=1S/C26H31FN4O/c27-23-10-4-9-22(15-23)16-24-28-25(32-29-24)18-31-14-6-12-26(20-31)11-5-13-30(19-26)17-21-7-2-1-3-8-21/h1-4,7-10,15H,5-6,11-14,16-20H2. The summed E-state index contributed by atoms with van der Waals surface area (Å²) in [4.78, 5) is 9.69. The van der Waals surface area contributed by atoms with Crippen LogP contribution < -0.4 is 0 Å². The van der Waals surface area contributed by atoms with Crippen LogP contribution in [0.4, 0.5) is 4.39 Å². The number of rotatable bonds is 6. The minimum atomic E-state index is -0.237. The Morgan fingerprint density at radius 3 is 2.34 bits per heavy atom. The van der Waals surface area contributed by atoms with Gasteiger partial charge in [-0.2, -0.15) is 4.98 Å². The van der Waals surface area contributed by atoms with E-state index in [0.29, 0.717) is 30.1 Å². The summed E-state index contributed by atoms with van der Waals surface area (Å²) < 4.78 is 19.0. The molecule has 0 bridgehead atoms. The molecule has 0 N–H and O–H groups in total. The Bertz CT molecular complexity index is 1020. The topological polar surface area (TPSA) is 45.4 Å². The van der Waals surface area contributed by atoms with Gasteiger partial charge in [-0.05, 0) is 67.4 Å². The summed E-state index contributed by atoms with van der Waals surface area (Å²) in [6.45, 7) is 6.23. The van der Waals surface area contributed by atoms with E-state index in [1.54, 1.807) is 6.07 Å². The van der Waals surface area contributed by atoms with Crippen molar-refractivity contribution in [2.75, 3.05) is 26.2 Å². The van der Waals surface area contributed by atoms with Gasteiger partial charge in [0.15, 0.2) is 5.82 Å². The van der Waals surface area contributed by atoms with Crippen LogP contribution in [0.1, 0.15) is 48.5 Å². The molecular formula is C26H31FN4O. The summed E-state index contributed by atoms with van der Waals surface area (Å²) in [5.74, 6) is 1.04. The number of aromatic nitrogens is 2. The Kier molecular flexibility index (Phi) is 6.32. The van der Waals surface area contributed by atoms with Crippen molar-refractivity contribution in [1.82, 2.24) is 19.9 Å². The highest BCUT2D eigenvalue weighted by Crippen LogP contribution is 2.39. The highest BCUT2D eigenvalue weighted by Gasteiger charge is 2.39. The lowest BCUT2D eigenvalue weighted by Crippen LogP contribution is -2.51. The first-order valence-electron chi connectivity index (χ1n) is 11.7. The van der Waals surface area contributed by atoms with Crippen molar-refractivity contribution in [3.63, 3.8) is 0 Å². The average Bonchev–Trinajstić information content (AvgIpc) is 3.21. The predicted octanol–water partition coefficient (Wildman–Crippen LogP) is 4.68. The average molecular weight is 435 g/mol. The molecule has 0 aliphatic carbocycles. The molecule has 5 nitrogen and oxygen atoms in total. The Morgan fingerprint density at radius 1 is 0.875 bits per heavy atom. The number of hydrogen-bond donors (Lipinski definition) is 0. The minimum absolute atomic E-state index is 0.237. The quantitative estimate of drug-likeness (QED) is 0.564. The van der Waals surface area contributed by atoms with Gasteiger partial charge in [-0.15, -0.1) is 0 Å². The fourth-order valence-corrected chi connectivity index (χ4v) is 5.51. The van der Waals surface area contributed by atoms with Crippen LogP contribution in [0.15, 0.2) is 59.1 Å². The van der Waals surface area contributed by atoms with E-state index in [1.165, 1.54) is 49.9 Å². The maximum absolute atomic E-state index is 13.4. The van der Waals surface area contributed by atoms with Crippen LogP contribution in [0.25, 0.3) is 0 Å². The molecule has 5 rings (SSSR count). The Morgan fingerprint density at radius 2 is 1.59 bits per heavy atom. The normalized spacial score (nSPS) is 22.4. The summed E-state index contributed by atoms with van der Waals surface area (Å²) >= 11 is 0. The number of nitrogens with zero attached hydrogens (tertiary/aromatic N) is 4. The van der Waals surface area contributed by atoms with Gasteiger partial charge in [-0.3, -0.25) is 9.80 Å². The van der Waals surface area contributed by atoms with Crippen molar-refractivity contribution in [3.05, 3.63) is 83.3 Å². The molecule has 2 aromatic carbocycles. The molecule has 1 unspecified atom stereocenters. The van der Waals surface area contributed by atoms with E-state index in [4.69, 9.17) is 4.52 Å². The smallest absolute Gasteiger partial charge is 0.240 e. The summed E-state index contributed by atoms with van der Waals surface area (Å²) in [5, 5.41) is 4.13. The number of benzene rings is 2. The van der Waals surface area contributed by atoms with Gasteiger partial charge in [-0.1, -0.05) is 47.6 Å². The van der Waals surface area contributed by atoms with Crippen LogP contribution in [0, 0.1) is 11.2 Å². The zero-order chi connectivity index (χ0) is 21.8. The minimum Gasteiger partial charge on any atom is -0.338 e. The number of likely N-dealkylation sites (tertiary alicyclic amines) is 2. The number of hydrogen-bond acceptors (Lipinski definition) is 5. The Balaban J connectivity index is 1.19. The summed E-state index contributed by atoms with van der Waals surface area (Å²) in [6, 6.07) is 17.4. The lowest BCUT2D eigenvalue weighted by molar-refractivity contribution is 0.00462. The van der Waals surface area contributed by atoms with E-state index >= 15 is 0 Å². The highest BCUT2D eigenvalue weighted by molar-refractivity contribution is 5.19. The first-order chi connectivity index (χ1) is 15.7. The molecular weight excluding hydrogens is 403 g/mol. The maximum Gasteiger partial charge on any atom is 0.240 e. The summed E-state index contributed by atoms with van der Waals surface area (Å²) in [7, 11) is 0. The van der Waals surface area contributed by atoms with Crippen molar-refractivity contribution in [2.24, 2.45) is 5.41 Å². The number of piperidine rings is 2. The van der Waals surface area contributed by atoms with Crippen LogP contribution in [0.5, 0.6) is 0 Å². The molecule has 6 heteroatoms. The van der Waals surface area contributed by atoms with Gasteiger partial charge in [0.25, 0.3) is 0 Å². The molecule has 168 valence electrons. The van der Waals surface area contributed by atoms with E-state index in [2.05, 4.69) is 50.3 Å². The van der Waals surface area contributed by atoms with Gasteiger partial charge < -0.3 is 4.52 Å². The molecule has 1 atom stereocenters. The Labute approximate surface area is 189 Å². The first kappa shape index (κ1) is 21.3. The monoisotopic (exact) mass is 434 g/mol. The van der Waals surface area contributed by atoms with Crippen LogP contribution in [-0.2, 0) is 19.5 Å². The first-order valence-corrected chi connectivity index (χ1v) is 11.7. The van der Waals surface area contributed by atoms with Crippen LogP contribution >= 0.6 is 0 Å². The van der Waals surface area contributed by atoms with Gasteiger partial charge in [0.2, 0.25) is 5.89 Å². The van der Waals surface area contributed by atoms with E-state index < -0.39 is 0 Å². The molecule has 32 heavy (non-hydrogen) atoms. The predicted molar refractivity (Wildman–Crippen MR) is 121 cm³/mol. The van der Waals surface area contributed by atoms with Crippen molar-refractivity contribution in [2.45, 2.75) is 45.2 Å². The zero-order valence-corrected chi connectivity index (χ0v) is 18.5. The van der Waals surface area contributed by atoms with Gasteiger partial charge in [0.05, 0.1) is 6.54 Å². The van der Waals surface area contributed by atoms with Gasteiger partial charge >= 0.3 is 0 Å². The van der Waals surface area contributed by atoms with E-state index in [0.717, 1.165) is 31.7 Å². The van der Waals surface area contributed by atoms with Gasteiger partial charge in [-0.25, -0.2) is 4.39 Å². The van der Waals surface area contributed by atoms with Gasteiger partial charge in [0.1, 0.15) is 5.82 Å². The van der Waals surface area contributed by atoms with Crippen LogP contribution in [0.3, 0.4) is 0 Å². The van der Waals surface area contributed by atoms with Crippen molar-refractivity contribution < 1.29 is 8.91 Å². The molecule has 0 amide bonds. The molecule has 2 fully saturated rings. The zero-order valence-electron chi connectivity index (χ0n) is 18.5. The van der Waals surface area contributed by atoms with Gasteiger partial charge in [0, 0.05) is 26.1 Å². The lowest BCUT2D eigenvalue weighted by Gasteiger charge is -2.48. The fraction of sp³-hybridized carbons (Fsp3) is 0.462. The summed E-state index contributed by atoms with van der Waals surface area (Å²) in [6.07, 6.45) is 5.55. The van der Waals surface area contributed by atoms with E-state index in [9.17, 15) is 4.39 Å². The SMILES string of the molecule is Fc1cccc(Cc2noc(CN3CCCC4(CCCN(Cc5ccccc5)C4)C3)n2)c1. The second kappa shape index (κ2) is 9.51. The molecule has 2 aliphatic heterocycles. The third kappa shape index (κ3) is 5.25. The third-order valence-electron chi connectivity index (χ3n) is 6.85. The maximum atomic E-state index is 13.4. The number of halogens is 1. The molecule has 0 saturated carbocycles. The van der Waals surface area contributed by atoms with Crippen molar-refractivity contribution >= 4 is 0 Å². The summed E-state index contributed by atoms with van der Waals surface area (Å²) in [5.41, 5.74) is 2.61. The molecule has 2 saturated heterocycles. The molecule has 2 aliphatic rings. The molecule has 3 heterocycles. The second-order valence-electron chi connectivity index (χ2n) is 9.53. The highest BCUT2D eigenvalue weighted by atomic mass is 19.1. The molecule has 0 radical (unpaired) electrons. The lowest BCUT2D eigenvalue weighted by atomic mass is 9.73. The Hall–Kier alpha value is -2.57. The third-order valence-corrected chi connectivity index (χ3v) is 6.85. The van der Waals surface area contributed by atoms with Crippen molar-refractivity contribution in [1.29, 1.82) is 0 Å². The molecule has 3 aromatic rings. The molecule has 1 spiro atoms. The van der Waals surface area contributed by atoms with E-state index in [1.807, 2.05) is 6.07 Å². The molecule has 1 aromatic heterocycles. The van der Waals surface area contributed by atoms with Crippen molar-refractivity contribution in [3.8, 4) is 0 Å². The fourth-order valence-electron chi connectivity index (χ4n) is 5.51. The second-order valence-corrected chi connectivity index (χ2v) is 9.53. The van der Waals surface area contributed by atoms with Crippen LogP contribution in [0.2, 0.25) is 0 Å². The largest absolute Gasteiger partial charge is 0.338 e. The van der Waals surface area contributed by atoms with E-state index in [-0.39, 0.29) is 5.82 Å².